The summed E-state index contributed by atoms with van der Waals surface area (Å²) < 4.78 is 32.3. The molecule has 0 saturated carbocycles. The summed E-state index contributed by atoms with van der Waals surface area (Å²) >= 11 is 2.16. The fourth-order valence-electron chi connectivity index (χ4n) is 3.76. The van der Waals surface area contributed by atoms with Crippen LogP contribution in [0.15, 0.2) is 46.8 Å². The number of carboxylic acids is 1. The number of rotatable bonds is 11. The Hall–Kier alpha value is -3.52. The van der Waals surface area contributed by atoms with Gasteiger partial charge in [-0.1, -0.05) is 42.1 Å². The number of carboxylic acid groups (broad SMARTS) is 1. The number of benzene rings is 1. The third kappa shape index (κ3) is 6.56. The first-order chi connectivity index (χ1) is 18.5. The molecular formula is C20H21N7O9S3. The number of fused-ring (bicyclic) bond motifs is 1. The minimum atomic E-state index is -4.44. The molecule has 4 rings (SSSR count). The molecule has 1 fully saturated rings. The van der Waals surface area contributed by atoms with Crippen LogP contribution in [0.25, 0.3) is 0 Å². The molecule has 3 amide bonds. The van der Waals surface area contributed by atoms with E-state index in [1.165, 1.54) is 11.8 Å². The number of carbonyl (C=O) groups excluding carboxylic acids is 3. The van der Waals surface area contributed by atoms with E-state index in [0.717, 1.165) is 21.3 Å². The van der Waals surface area contributed by atoms with Crippen molar-refractivity contribution in [1.82, 2.24) is 35.7 Å². The summed E-state index contributed by atoms with van der Waals surface area (Å²) in [6, 6.07) is 7.07. The summed E-state index contributed by atoms with van der Waals surface area (Å²) in [4.78, 5) is 50.8. The number of aliphatic carboxylic acids is 1. The summed E-state index contributed by atoms with van der Waals surface area (Å²) in [6.45, 7) is -0.710. The van der Waals surface area contributed by atoms with Gasteiger partial charge in [-0.2, -0.15) is 8.42 Å². The molecule has 3 atom stereocenters. The molecule has 0 spiro atoms. The van der Waals surface area contributed by atoms with Crippen LogP contribution >= 0.6 is 23.5 Å². The third-order valence-corrected chi connectivity index (χ3v) is 8.44. The van der Waals surface area contributed by atoms with Crippen molar-refractivity contribution in [3.8, 4) is 0 Å². The van der Waals surface area contributed by atoms with Gasteiger partial charge in [0.1, 0.15) is 23.7 Å². The Morgan fingerprint density at radius 1 is 1.23 bits per heavy atom. The summed E-state index contributed by atoms with van der Waals surface area (Å²) in [5, 5.41) is 33.9. The molecule has 1 aromatic carbocycles. The van der Waals surface area contributed by atoms with Gasteiger partial charge in [0.05, 0.1) is 0 Å². The maximum absolute atomic E-state index is 13.1. The van der Waals surface area contributed by atoms with E-state index in [4.69, 9.17) is 9.66 Å². The quantitative estimate of drug-likeness (QED) is 0.109. The first-order valence-electron chi connectivity index (χ1n) is 11.0. The molecule has 0 unspecified atom stereocenters. The molecule has 39 heavy (non-hydrogen) atoms. The van der Waals surface area contributed by atoms with Crippen LogP contribution in [-0.2, 0) is 35.2 Å². The molecule has 1 aromatic heterocycles. The largest absolute Gasteiger partial charge is 0.480 e. The number of thioether (sulfide) groups is 2. The van der Waals surface area contributed by atoms with Crippen LogP contribution in [0, 0.1) is 0 Å². The van der Waals surface area contributed by atoms with Gasteiger partial charge in [0.15, 0.2) is 12.0 Å². The second-order valence-corrected chi connectivity index (χ2v) is 11.7. The molecule has 0 bridgehead atoms. The predicted molar refractivity (Wildman–Crippen MR) is 134 cm³/mol. The highest BCUT2D eigenvalue weighted by atomic mass is 32.2. The Kier molecular flexibility index (Phi) is 8.54. The number of carbonyl (C=O) groups is 4. The van der Waals surface area contributed by atoms with Crippen molar-refractivity contribution >= 4 is 57.3 Å². The highest BCUT2D eigenvalue weighted by Crippen LogP contribution is 2.41. The normalized spacial score (nSPS) is 19.6. The minimum absolute atomic E-state index is 0.00696. The molecule has 1 saturated heterocycles. The zero-order chi connectivity index (χ0) is 28.3. The van der Waals surface area contributed by atoms with E-state index < -0.39 is 63.8 Å². The van der Waals surface area contributed by atoms with Crippen LogP contribution < -0.4 is 10.6 Å². The van der Waals surface area contributed by atoms with Gasteiger partial charge in [0, 0.05) is 11.5 Å². The van der Waals surface area contributed by atoms with Gasteiger partial charge >= 0.3 is 5.97 Å². The van der Waals surface area contributed by atoms with Gasteiger partial charge in [0.2, 0.25) is 5.16 Å². The number of nitrogens with one attached hydrogen (secondary N) is 2. The van der Waals surface area contributed by atoms with Gasteiger partial charge in [-0.3, -0.25) is 28.6 Å². The number of tetrazole rings is 1. The lowest BCUT2D eigenvalue weighted by atomic mass is 10.0. The summed E-state index contributed by atoms with van der Waals surface area (Å²) in [7, 11) is -4.44. The van der Waals surface area contributed by atoms with Gasteiger partial charge < -0.3 is 20.8 Å². The van der Waals surface area contributed by atoms with E-state index in [2.05, 4.69) is 26.2 Å². The predicted octanol–water partition coefficient (Wildman–Crippen LogP) is -1.80. The molecule has 2 aromatic rings. The van der Waals surface area contributed by atoms with Crippen LogP contribution in [0.3, 0.4) is 0 Å². The summed E-state index contributed by atoms with van der Waals surface area (Å²) in [5.74, 6) is -4.28. The monoisotopic (exact) mass is 599 g/mol. The van der Waals surface area contributed by atoms with E-state index in [-0.39, 0.29) is 22.4 Å². The highest BCUT2D eigenvalue weighted by Gasteiger charge is 2.54. The Balaban J connectivity index is 1.52. The fourth-order valence-corrected chi connectivity index (χ4v) is 6.68. The van der Waals surface area contributed by atoms with Crippen LogP contribution in [0.1, 0.15) is 11.7 Å². The van der Waals surface area contributed by atoms with Crippen LogP contribution in [0.2, 0.25) is 0 Å². The van der Waals surface area contributed by atoms with Crippen molar-refractivity contribution in [1.29, 1.82) is 0 Å². The smallest absolute Gasteiger partial charge is 0.322 e. The first kappa shape index (κ1) is 28.5. The van der Waals surface area contributed by atoms with Gasteiger partial charge in [-0.15, -0.1) is 16.9 Å². The average Bonchev–Trinajstić information content (AvgIpc) is 3.33. The lowest BCUT2D eigenvalue weighted by molar-refractivity contribution is -0.149. The molecule has 16 nitrogen and oxygen atoms in total. The number of nitrogens with zero attached hydrogens (tertiary/aromatic N) is 5. The molecule has 0 radical (unpaired) electrons. The average molecular weight is 600 g/mol. The van der Waals surface area contributed by atoms with Crippen molar-refractivity contribution in [2.45, 2.75) is 28.6 Å². The number of hydrogen-bond acceptors (Lipinski definition) is 12. The van der Waals surface area contributed by atoms with E-state index in [9.17, 15) is 32.7 Å². The van der Waals surface area contributed by atoms with Crippen molar-refractivity contribution in [2.75, 3.05) is 18.1 Å². The van der Waals surface area contributed by atoms with Crippen LogP contribution in [0.4, 0.5) is 0 Å². The van der Waals surface area contributed by atoms with E-state index >= 15 is 0 Å². The van der Waals surface area contributed by atoms with Crippen molar-refractivity contribution in [2.24, 2.45) is 0 Å². The number of hydrogen-bond donors (Lipinski definition) is 5. The van der Waals surface area contributed by atoms with Crippen molar-refractivity contribution in [3.05, 3.63) is 47.2 Å². The lowest BCUT2D eigenvalue weighted by Crippen LogP contribution is -2.71. The topological polar surface area (TPSA) is 234 Å². The minimum Gasteiger partial charge on any atom is -0.480 e. The van der Waals surface area contributed by atoms with Crippen LogP contribution in [-0.4, -0.2) is 101 Å². The zero-order valence-corrected chi connectivity index (χ0v) is 22.1. The molecule has 5 N–H and O–H groups in total. The second kappa shape index (κ2) is 11.7. The number of amides is 3. The second-order valence-electron chi connectivity index (χ2n) is 8.20. The van der Waals surface area contributed by atoms with Gasteiger partial charge in [-0.25, -0.2) is 4.68 Å². The molecule has 19 heteroatoms. The van der Waals surface area contributed by atoms with E-state index in [0.29, 0.717) is 11.1 Å². The molecular weight excluding hydrogens is 578 g/mol. The van der Waals surface area contributed by atoms with E-state index in [1.807, 2.05) is 0 Å². The number of β-lactam (4-membered cyclic amide) rings is 1. The summed E-state index contributed by atoms with van der Waals surface area (Å²) in [6.07, 6.45) is -1.52. The number of aromatic nitrogens is 4. The zero-order valence-electron chi connectivity index (χ0n) is 19.7. The first-order valence-corrected chi connectivity index (χ1v) is 14.6. The SMILES string of the molecule is O=C(O)CNC(=O)C1=C(CSc2nnnn2CS(=O)(=O)O)CS[C@@H]2[C@H](NC(=O)[C@H](O)c3ccccc3)C(=O)N12. The molecule has 208 valence electrons. The molecule has 0 aliphatic carbocycles. The number of aliphatic hydroxyl groups excluding tert-OH is 1. The Morgan fingerprint density at radius 3 is 2.62 bits per heavy atom. The molecule has 3 heterocycles. The highest BCUT2D eigenvalue weighted by molar-refractivity contribution is 8.01. The van der Waals surface area contributed by atoms with Gasteiger partial charge in [-0.05, 0) is 21.6 Å². The maximum Gasteiger partial charge on any atom is 0.322 e. The lowest BCUT2D eigenvalue weighted by Gasteiger charge is -2.50. The third-order valence-electron chi connectivity index (χ3n) is 5.48. The Labute approximate surface area is 228 Å². The molecule has 2 aliphatic rings. The summed E-state index contributed by atoms with van der Waals surface area (Å²) in [5.41, 5.74) is 0.618. The standard InChI is InChI=1S/C20H21N7O9S3/c28-12(29)6-21-16(31)14-11(8-38-20-23-24-25-26(20)9-39(34,35)36)7-37-19-13(18(33)27(14)19)22-17(32)15(30)10-4-2-1-3-5-10/h1-5,13,15,19,30H,6-9H2,(H,21,31)(H,22,32)(H,28,29)(H,34,35,36)/t13-,15-,19-/m1/s1. The fraction of sp³-hybridized carbons (Fsp3) is 0.350. The van der Waals surface area contributed by atoms with E-state index in [1.54, 1.807) is 30.3 Å². The maximum atomic E-state index is 13.1. The van der Waals surface area contributed by atoms with Crippen LogP contribution in [0.5, 0.6) is 0 Å². The number of aliphatic hydroxyl groups is 1. The van der Waals surface area contributed by atoms with Crippen molar-refractivity contribution in [3.63, 3.8) is 0 Å². The Bertz CT molecular complexity index is 1430. The molecule has 2 aliphatic heterocycles. The van der Waals surface area contributed by atoms with Crippen molar-refractivity contribution < 1.29 is 42.4 Å². The Morgan fingerprint density at radius 2 is 1.95 bits per heavy atom. The van der Waals surface area contributed by atoms with Gasteiger partial charge in [0.25, 0.3) is 27.8 Å².